The van der Waals surface area contributed by atoms with Gasteiger partial charge in [-0.15, -0.1) is 0 Å². The van der Waals surface area contributed by atoms with Crippen molar-refractivity contribution in [3.63, 3.8) is 0 Å². The van der Waals surface area contributed by atoms with Crippen LogP contribution >= 0.6 is 0 Å². The highest BCUT2D eigenvalue weighted by Crippen LogP contribution is 2.39. The Morgan fingerprint density at radius 3 is 2.61 bits per heavy atom. The van der Waals surface area contributed by atoms with E-state index < -0.39 is 5.54 Å². The molecule has 18 heavy (non-hydrogen) atoms. The van der Waals surface area contributed by atoms with Crippen molar-refractivity contribution in [3.05, 3.63) is 0 Å². The summed E-state index contributed by atoms with van der Waals surface area (Å²) in [5, 5.41) is 3.26. The summed E-state index contributed by atoms with van der Waals surface area (Å²) in [6.45, 7) is 8.28. The topological polar surface area (TPSA) is 64.3 Å². The molecule has 0 aromatic carbocycles. The molecule has 1 rings (SSSR count). The van der Waals surface area contributed by atoms with Crippen molar-refractivity contribution in [2.75, 3.05) is 19.8 Å². The highest BCUT2D eigenvalue weighted by atomic mass is 16.5. The normalized spacial score (nSPS) is 18.9. The summed E-state index contributed by atoms with van der Waals surface area (Å²) < 4.78 is 5.70. The molecule has 106 valence electrons. The van der Waals surface area contributed by atoms with E-state index in [1.54, 1.807) is 0 Å². The maximum Gasteiger partial charge on any atom is 0.240 e. The minimum atomic E-state index is -0.632. The Kier molecular flexibility index (Phi) is 6.09. The lowest BCUT2D eigenvalue weighted by Gasteiger charge is -2.31. The highest BCUT2D eigenvalue weighted by Gasteiger charge is 2.49. The van der Waals surface area contributed by atoms with Crippen LogP contribution in [-0.2, 0) is 9.53 Å². The lowest BCUT2D eigenvalue weighted by atomic mass is 9.93. The number of amides is 1. The molecule has 0 aromatic rings. The van der Waals surface area contributed by atoms with Gasteiger partial charge in [-0.1, -0.05) is 20.8 Å². The molecule has 1 fully saturated rings. The van der Waals surface area contributed by atoms with Gasteiger partial charge in [0.05, 0.1) is 6.61 Å². The van der Waals surface area contributed by atoms with Crippen LogP contribution in [0.15, 0.2) is 0 Å². The van der Waals surface area contributed by atoms with Crippen molar-refractivity contribution < 1.29 is 9.53 Å². The van der Waals surface area contributed by atoms with Crippen molar-refractivity contribution in [2.45, 2.75) is 52.0 Å². The summed E-state index contributed by atoms with van der Waals surface area (Å²) in [4.78, 5) is 11.7. The van der Waals surface area contributed by atoms with Gasteiger partial charge in [0, 0.05) is 6.61 Å². The third-order valence-electron chi connectivity index (χ3n) is 3.61. The van der Waals surface area contributed by atoms with Crippen molar-refractivity contribution >= 4 is 5.91 Å². The smallest absolute Gasteiger partial charge is 0.240 e. The number of carbonyl (C=O) groups excluding carboxylic acids is 1. The molecule has 0 saturated heterocycles. The lowest BCUT2D eigenvalue weighted by molar-refractivity contribution is -0.128. The van der Waals surface area contributed by atoms with Crippen LogP contribution in [0.5, 0.6) is 0 Å². The minimum Gasteiger partial charge on any atom is -0.379 e. The molecule has 0 spiro atoms. The van der Waals surface area contributed by atoms with E-state index in [-0.39, 0.29) is 5.91 Å². The molecule has 1 unspecified atom stereocenters. The van der Waals surface area contributed by atoms with Gasteiger partial charge in [0.2, 0.25) is 5.91 Å². The molecule has 4 heteroatoms. The maximum atomic E-state index is 11.7. The zero-order valence-corrected chi connectivity index (χ0v) is 12.0. The number of hydrogen-bond donors (Lipinski definition) is 2. The van der Waals surface area contributed by atoms with E-state index in [0.29, 0.717) is 25.0 Å². The molecule has 1 aliphatic rings. The summed E-state index contributed by atoms with van der Waals surface area (Å²) in [6, 6.07) is 0. The van der Waals surface area contributed by atoms with E-state index in [1.807, 2.05) is 6.92 Å². The summed E-state index contributed by atoms with van der Waals surface area (Å²) in [5.74, 6) is 0.794. The molecule has 4 nitrogen and oxygen atoms in total. The number of nitrogens with two attached hydrogens (primary N) is 1. The van der Waals surface area contributed by atoms with E-state index in [4.69, 9.17) is 10.5 Å². The van der Waals surface area contributed by atoms with Gasteiger partial charge in [0.25, 0.3) is 0 Å². The maximum absolute atomic E-state index is 11.7. The Bertz CT molecular complexity index is 265. The van der Waals surface area contributed by atoms with E-state index in [1.165, 1.54) is 0 Å². The van der Waals surface area contributed by atoms with Crippen LogP contribution in [0.3, 0.4) is 0 Å². The Morgan fingerprint density at radius 2 is 2.17 bits per heavy atom. The van der Waals surface area contributed by atoms with Crippen LogP contribution in [0, 0.1) is 11.8 Å². The average Bonchev–Trinajstić information content (AvgIpc) is 3.10. The number of carbonyl (C=O) groups is 1. The van der Waals surface area contributed by atoms with Gasteiger partial charge in [-0.05, 0) is 44.1 Å². The minimum absolute atomic E-state index is 0.268. The molecular weight excluding hydrogens is 228 g/mol. The van der Waals surface area contributed by atoms with Crippen LogP contribution in [0.1, 0.15) is 46.5 Å². The SMILES string of the molecule is CCNC(COCCCC(C)C)(C(N)=O)C1CC1. The first-order chi connectivity index (χ1) is 8.53. The van der Waals surface area contributed by atoms with Crippen molar-refractivity contribution in [1.29, 1.82) is 0 Å². The Hall–Kier alpha value is -0.610. The number of ether oxygens (including phenoxy) is 1. The van der Waals surface area contributed by atoms with Gasteiger partial charge in [-0.3, -0.25) is 4.79 Å². The fourth-order valence-electron chi connectivity index (χ4n) is 2.39. The largest absolute Gasteiger partial charge is 0.379 e. The van der Waals surface area contributed by atoms with Crippen LogP contribution < -0.4 is 11.1 Å². The molecule has 1 aliphatic carbocycles. The van der Waals surface area contributed by atoms with Crippen LogP contribution in [0.25, 0.3) is 0 Å². The van der Waals surface area contributed by atoms with E-state index >= 15 is 0 Å². The number of likely N-dealkylation sites (N-methyl/N-ethyl adjacent to an activating group) is 1. The predicted molar refractivity (Wildman–Crippen MR) is 73.2 cm³/mol. The first-order valence-electron chi connectivity index (χ1n) is 7.15. The molecule has 1 saturated carbocycles. The predicted octanol–water partition coefficient (Wildman–Crippen LogP) is 1.68. The summed E-state index contributed by atoms with van der Waals surface area (Å²) in [6.07, 6.45) is 4.36. The first-order valence-corrected chi connectivity index (χ1v) is 7.15. The first kappa shape index (κ1) is 15.4. The quantitative estimate of drug-likeness (QED) is 0.585. The van der Waals surface area contributed by atoms with E-state index in [0.717, 1.165) is 32.2 Å². The zero-order valence-electron chi connectivity index (χ0n) is 12.0. The van der Waals surface area contributed by atoms with Crippen LogP contribution in [0.2, 0.25) is 0 Å². The van der Waals surface area contributed by atoms with Gasteiger partial charge in [0.1, 0.15) is 5.54 Å². The van der Waals surface area contributed by atoms with E-state index in [2.05, 4.69) is 19.2 Å². The van der Waals surface area contributed by atoms with Gasteiger partial charge < -0.3 is 15.8 Å². The molecule has 0 radical (unpaired) electrons. The number of rotatable bonds is 10. The lowest BCUT2D eigenvalue weighted by Crippen LogP contribution is -2.60. The summed E-state index contributed by atoms with van der Waals surface area (Å²) in [7, 11) is 0. The van der Waals surface area contributed by atoms with Gasteiger partial charge >= 0.3 is 0 Å². The van der Waals surface area contributed by atoms with Gasteiger partial charge in [0.15, 0.2) is 0 Å². The Morgan fingerprint density at radius 1 is 1.50 bits per heavy atom. The molecule has 0 aliphatic heterocycles. The van der Waals surface area contributed by atoms with E-state index in [9.17, 15) is 4.79 Å². The summed E-state index contributed by atoms with van der Waals surface area (Å²) in [5.41, 5.74) is 4.95. The molecule has 3 N–H and O–H groups in total. The molecule has 1 amide bonds. The molecule has 0 bridgehead atoms. The second-order valence-electron chi connectivity index (χ2n) is 5.73. The standard InChI is InChI=1S/C14H28N2O2/c1-4-16-14(13(15)17,12-7-8-12)10-18-9-5-6-11(2)3/h11-12,16H,4-10H2,1-3H3,(H2,15,17). The van der Waals surface area contributed by atoms with Crippen LogP contribution in [-0.4, -0.2) is 31.2 Å². The van der Waals surface area contributed by atoms with Crippen LogP contribution in [0.4, 0.5) is 0 Å². The second-order valence-corrected chi connectivity index (χ2v) is 5.73. The van der Waals surface area contributed by atoms with Gasteiger partial charge in [-0.25, -0.2) is 0 Å². The second kappa shape index (κ2) is 7.10. The summed E-state index contributed by atoms with van der Waals surface area (Å²) >= 11 is 0. The Labute approximate surface area is 111 Å². The molecular formula is C14H28N2O2. The Balaban J connectivity index is 2.39. The zero-order chi connectivity index (χ0) is 13.6. The third-order valence-corrected chi connectivity index (χ3v) is 3.61. The highest BCUT2D eigenvalue weighted by molar-refractivity contribution is 5.85. The number of nitrogens with one attached hydrogen (secondary N) is 1. The number of primary amides is 1. The monoisotopic (exact) mass is 256 g/mol. The number of hydrogen-bond acceptors (Lipinski definition) is 3. The average molecular weight is 256 g/mol. The molecule has 0 heterocycles. The fourth-order valence-corrected chi connectivity index (χ4v) is 2.39. The third kappa shape index (κ3) is 4.25. The van der Waals surface area contributed by atoms with Crippen molar-refractivity contribution in [2.24, 2.45) is 17.6 Å². The fraction of sp³-hybridized carbons (Fsp3) is 0.929. The molecule has 1 atom stereocenters. The van der Waals surface area contributed by atoms with Crippen molar-refractivity contribution in [1.82, 2.24) is 5.32 Å². The van der Waals surface area contributed by atoms with Crippen molar-refractivity contribution in [3.8, 4) is 0 Å². The van der Waals surface area contributed by atoms with Gasteiger partial charge in [-0.2, -0.15) is 0 Å². The molecule has 0 aromatic heterocycles.